The Bertz CT molecular complexity index is 730. The van der Waals surface area contributed by atoms with Crippen molar-refractivity contribution >= 4 is 11.7 Å². The van der Waals surface area contributed by atoms with Crippen molar-refractivity contribution < 1.29 is 9.90 Å². The van der Waals surface area contributed by atoms with Crippen LogP contribution in [0.1, 0.15) is 36.9 Å². The van der Waals surface area contributed by atoms with Crippen molar-refractivity contribution in [3.8, 4) is 5.69 Å². The van der Waals surface area contributed by atoms with Gasteiger partial charge in [-0.1, -0.05) is 30.5 Å². The molecule has 1 aliphatic carbocycles. The van der Waals surface area contributed by atoms with Gasteiger partial charge in [0.05, 0.1) is 24.5 Å². The Morgan fingerprint density at radius 3 is 2.56 bits per heavy atom. The monoisotopic (exact) mass is 342 g/mol. The highest BCUT2D eigenvalue weighted by Crippen LogP contribution is 2.28. The number of aryl methyl sites for hydroxylation is 2. The molecule has 1 heterocycles. The molecule has 0 unspecified atom stereocenters. The molecular weight excluding hydrogens is 316 g/mol. The molecule has 0 atom stereocenters. The summed E-state index contributed by atoms with van der Waals surface area (Å²) in [7, 11) is 0. The highest BCUT2D eigenvalue weighted by atomic mass is 16.3. The average molecular weight is 342 g/mol. The Labute approximate surface area is 148 Å². The third kappa shape index (κ3) is 4.08. The number of carbonyl (C=O) groups is 1. The number of nitrogens with zero attached hydrogens (tertiary/aromatic N) is 2. The summed E-state index contributed by atoms with van der Waals surface area (Å²) < 4.78 is 1.74. The molecular formula is C19H26N4O2. The standard InChI is InChI=1S/C19H26N4O2/c1-14-5-7-16(8-6-14)23-17(11-15(2)22-23)21-18(25)12-20-19(13-24)9-3-4-10-19/h5-8,11,20,24H,3-4,9-10,12-13H2,1-2H3,(H,21,25). The fourth-order valence-corrected chi connectivity index (χ4v) is 3.37. The summed E-state index contributed by atoms with van der Waals surface area (Å²) in [6, 6.07) is 9.86. The molecule has 3 rings (SSSR count). The minimum atomic E-state index is -0.301. The van der Waals surface area contributed by atoms with Crippen LogP contribution in [0, 0.1) is 13.8 Å². The lowest BCUT2D eigenvalue weighted by Crippen LogP contribution is -2.49. The Morgan fingerprint density at radius 1 is 1.24 bits per heavy atom. The minimum absolute atomic E-state index is 0.0701. The Morgan fingerprint density at radius 2 is 1.92 bits per heavy atom. The van der Waals surface area contributed by atoms with Crippen LogP contribution in [0.5, 0.6) is 0 Å². The topological polar surface area (TPSA) is 79.2 Å². The zero-order valence-corrected chi connectivity index (χ0v) is 14.9. The summed E-state index contributed by atoms with van der Waals surface area (Å²) in [5, 5.41) is 20.3. The zero-order valence-electron chi connectivity index (χ0n) is 14.9. The van der Waals surface area contributed by atoms with E-state index in [9.17, 15) is 9.90 Å². The Kier molecular flexibility index (Phi) is 5.20. The lowest BCUT2D eigenvalue weighted by atomic mass is 9.99. The second kappa shape index (κ2) is 7.37. The number of aliphatic hydroxyl groups is 1. The summed E-state index contributed by atoms with van der Waals surface area (Å²) in [4.78, 5) is 12.4. The number of aromatic nitrogens is 2. The van der Waals surface area contributed by atoms with Gasteiger partial charge in [0, 0.05) is 11.6 Å². The maximum atomic E-state index is 12.4. The Balaban J connectivity index is 1.68. The van der Waals surface area contributed by atoms with Gasteiger partial charge < -0.3 is 15.7 Å². The molecule has 1 aromatic heterocycles. The number of aliphatic hydroxyl groups excluding tert-OH is 1. The van der Waals surface area contributed by atoms with Crippen LogP contribution in [-0.4, -0.2) is 39.5 Å². The Hall–Kier alpha value is -2.18. The van der Waals surface area contributed by atoms with Crippen LogP contribution in [0.3, 0.4) is 0 Å². The molecule has 0 bridgehead atoms. The zero-order chi connectivity index (χ0) is 17.9. The smallest absolute Gasteiger partial charge is 0.239 e. The third-order valence-electron chi connectivity index (χ3n) is 4.86. The number of hydrogen-bond acceptors (Lipinski definition) is 4. The molecule has 25 heavy (non-hydrogen) atoms. The quantitative estimate of drug-likeness (QED) is 0.753. The molecule has 1 aliphatic rings. The molecule has 6 nitrogen and oxygen atoms in total. The summed E-state index contributed by atoms with van der Waals surface area (Å²) in [5.74, 6) is 0.519. The maximum absolute atomic E-state index is 12.4. The summed E-state index contributed by atoms with van der Waals surface area (Å²) in [5.41, 5.74) is 2.62. The van der Waals surface area contributed by atoms with Crippen LogP contribution in [0.2, 0.25) is 0 Å². The van der Waals surface area contributed by atoms with Gasteiger partial charge in [-0.25, -0.2) is 4.68 Å². The van der Waals surface area contributed by atoms with Crippen molar-refractivity contribution in [2.24, 2.45) is 0 Å². The van der Waals surface area contributed by atoms with E-state index in [1.807, 2.05) is 44.2 Å². The van der Waals surface area contributed by atoms with Gasteiger partial charge in [-0.3, -0.25) is 4.79 Å². The van der Waals surface area contributed by atoms with E-state index in [2.05, 4.69) is 15.7 Å². The van der Waals surface area contributed by atoms with E-state index < -0.39 is 0 Å². The van der Waals surface area contributed by atoms with Crippen molar-refractivity contribution in [3.63, 3.8) is 0 Å². The van der Waals surface area contributed by atoms with Gasteiger partial charge in [-0.05, 0) is 38.8 Å². The molecule has 2 aromatic rings. The van der Waals surface area contributed by atoms with Crippen molar-refractivity contribution in [2.45, 2.75) is 45.1 Å². The number of hydrogen-bond donors (Lipinski definition) is 3. The molecule has 0 spiro atoms. The highest BCUT2D eigenvalue weighted by molar-refractivity contribution is 5.91. The van der Waals surface area contributed by atoms with E-state index in [0.717, 1.165) is 37.1 Å². The molecule has 1 aromatic carbocycles. The number of amides is 1. The van der Waals surface area contributed by atoms with E-state index in [1.54, 1.807) is 4.68 Å². The van der Waals surface area contributed by atoms with Crippen LogP contribution in [0.15, 0.2) is 30.3 Å². The van der Waals surface area contributed by atoms with Crippen LogP contribution in [0.4, 0.5) is 5.82 Å². The van der Waals surface area contributed by atoms with Gasteiger partial charge in [-0.2, -0.15) is 5.10 Å². The fourth-order valence-electron chi connectivity index (χ4n) is 3.37. The first-order valence-corrected chi connectivity index (χ1v) is 8.81. The van der Waals surface area contributed by atoms with Crippen LogP contribution in [0.25, 0.3) is 5.69 Å². The normalized spacial score (nSPS) is 16.1. The molecule has 3 N–H and O–H groups in total. The second-order valence-electron chi connectivity index (χ2n) is 6.97. The lowest BCUT2D eigenvalue weighted by Gasteiger charge is -2.27. The highest BCUT2D eigenvalue weighted by Gasteiger charge is 2.33. The summed E-state index contributed by atoms with van der Waals surface area (Å²) in [6.45, 7) is 4.18. The van der Waals surface area contributed by atoms with E-state index >= 15 is 0 Å². The van der Waals surface area contributed by atoms with E-state index in [1.165, 1.54) is 5.56 Å². The van der Waals surface area contributed by atoms with Crippen molar-refractivity contribution in [3.05, 3.63) is 41.6 Å². The molecule has 0 radical (unpaired) electrons. The number of nitrogens with one attached hydrogen (secondary N) is 2. The molecule has 0 saturated heterocycles. The molecule has 1 amide bonds. The van der Waals surface area contributed by atoms with Gasteiger partial charge >= 0.3 is 0 Å². The van der Waals surface area contributed by atoms with Gasteiger partial charge in [0.25, 0.3) is 0 Å². The number of benzene rings is 1. The van der Waals surface area contributed by atoms with Crippen LogP contribution in [-0.2, 0) is 4.79 Å². The number of anilines is 1. The largest absolute Gasteiger partial charge is 0.394 e. The van der Waals surface area contributed by atoms with E-state index in [4.69, 9.17) is 0 Å². The van der Waals surface area contributed by atoms with Crippen LogP contribution < -0.4 is 10.6 Å². The van der Waals surface area contributed by atoms with Gasteiger partial charge in [-0.15, -0.1) is 0 Å². The lowest BCUT2D eigenvalue weighted by molar-refractivity contribution is -0.115. The fraction of sp³-hybridized carbons (Fsp3) is 0.474. The van der Waals surface area contributed by atoms with Gasteiger partial charge in [0.1, 0.15) is 5.82 Å². The van der Waals surface area contributed by atoms with Gasteiger partial charge in [0.2, 0.25) is 5.91 Å². The average Bonchev–Trinajstić information content (AvgIpc) is 3.21. The van der Waals surface area contributed by atoms with Crippen molar-refractivity contribution in [2.75, 3.05) is 18.5 Å². The predicted molar refractivity (Wildman–Crippen MR) is 98.0 cm³/mol. The maximum Gasteiger partial charge on any atom is 0.239 e. The first-order chi connectivity index (χ1) is 12.0. The molecule has 134 valence electrons. The second-order valence-corrected chi connectivity index (χ2v) is 6.97. The number of carbonyl (C=O) groups excluding carboxylic acids is 1. The minimum Gasteiger partial charge on any atom is -0.394 e. The molecule has 0 aliphatic heterocycles. The van der Waals surface area contributed by atoms with E-state index in [-0.39, 0.29) is 24.6 Å². The number of rotatable bonds is 6. The molecule has 1 fully saturated rings. The molecule has 6 heteroatoms. The SMILES string of the molecule is Cc1ccc(-n2nc(C)cc2NC(=O)CNC2(CO)CCCC2)cc1. The summed E-state index contributed by atoms with van der Waals surface area (Å²) >= 11 is 0. The summed E-state index contributed by atoms with van der Waals surface area (Å²) in [6.07, 6.45) is 4.01. The van der Waals surface area contributed by atoms with Crippen molar-refractivity contribution in [1.82, 2.24) is 15.1 Å². The first kappa shape index (κ1) is 17.6. The first-order valence-electron chi connectivity index (χ1n) is 8.81. The van der Waals surface area contributed by atoms with E-state index in [0.29, 0.717) is 5.82 Å². The third-order valence-corrected chi connectivity index (χ3v) is 4.86. The van der Waals surface area contributed by atoms with Crippen molar-refractivity contribution in [1.29, 1.82) is 0 Å². The molecule has 1 saturated carbocycles. The van der Waals surface area contributed by atoms with Crippen LogP contribution >= 0.6 is 0 Å². The van der Waals surface area contributed by atoms with Gasteiger partial charge in [0.15, 0.2) is 0 Å². The predicted octanol–water partition coefficient (Wildman–Crippen LogP) is 2.32.